The molecule has 0 aromatic heterocycles. The van der Waals surface area contributed by atoms with Gasteiger partial charge in [-0.05, 0) is 36.0 Å². The van der Waals surface area contributed by atoms with E-state index < -0.39 is 54.3 Å². The summed E-state index contributed by atoms with van der Waals surface area (Å²) in [5.41, 5.74) is 0.488. The number of nitrogens with one attached hydrogen (secondary N) is 2. The molecule has 6 atom stereocenters. The lowest BCUT2D eigenvalue weighted by molar-refractivity contribution is -0.151. The predicted octanol–water partition coefficient (Wildman–Crippen LogP) is 0.244. The summed E-state index contributed by atoms with van der Waals surface area (Å²) in [6.45, 7) is 5.78. The molecule has 1 fully saturated rings. The van der Waals surface area contributed by atoms with E-state index in [4.69, 9.17) is 14.2 Å². The molecular weight excluding hydrogens is 496 g/mol. The molecule has 1 saturated heterocycles. The Labute approximate surface area is 223 Å². The molecule has 5 N–H and O–H groups in total. The smallest absolute Gasteiger partial charge is 0.310 e. The van der Waals surface area contributed by atoms with Gasteiger partial charge in [-0.15, -0.1) is 0 Å². The topological polar surface area (TPSA) is 164 Å². The minimum absolute atomic E-state index is 0.0567. The molecule has 11 heteroatoms. The van der Waals surface area contributed by atoms with Crippen LogP contribution in [0.15, 0.2) is 36.4 Å². The summed E-state index contributed by atoms with van der Waals surface area (Å²) in [6.07, 6.45) is -3.49. The van der Waals surface area contributed by atoms with E-state index in [2.05, 4.69) is 10.6 Å². The molecule has 1 aromatic rings. The van der Waals surface area contributed by atoms with E-state index in [-0.39, 0.29) is 24.8 Å². The van der Waals surface area contributed by atoms with Gasteiger partial charge in [0.05, 0.1) is 20.1 Å². The second kappa shape index (κ2) is 14.2. The van der Waals surface area contributed by atoms with E-state index >= 15 is 0 Å². The van der Waals surface area contributed by atoms with Crippen molar-refractivity contribution in [2.24, 2.45) is 5.41 Å². The van der Waals surface area contributed by atoms with E-state index in [0.717, 1.165) is 5.56 Å². The van der Waals surface area contributed by atoms with Crippen LogP contribution in [0.5, 0.6) is 5.75 Å². The summed E-state index contributed by atoms with van der Waals surface area (Å²) in [6, 6.07) is 6.04. The highest BCUT2D eigenvalue weighted by atomic mass is 16.5. The number of hydrogen-bond acceptors (Lipinski definition) is 9. The van der Waals surface area contributed by atoms with Gasteiger partial charge in [0.2, 0.25) is 5.91 Å². The Morgan fingerprint density at radius 2 is 1.76 bits per heavy atom. The number of amides is 2. The standard InChI is InChI=1S/C27H40N2O9/c1-27(2,3)13-12-20(30)22(32)23(33)24(37-5)26(35)29-19-11-10-18(15-28-25(19)34)38-21(31)14-16-6-8-17(36-4)9-7-16/h6-9,12-13,18-20,22-24,30,32-33H,10-11,14-15H2,1-5H3,(H,28,34)(H,29,35)/b13-12+. The summed E-state index contributed by atoms with van der Waals surface area (Å²) >= 11 is 0. The number of methoxy groups -OCH3 is 2. The number of carbonyl (C=O) groups is 3. The minimum atomic E-state index is -1.76. The first-order valence-corrected chi connectivity index (χ1v) is 12.5. The first kappa shape index (κ1) is 31.2. The van der Waals surface area contributed by atoms with Crippen LogP contribution >= 0.6 is 0 Å². The van der Waals surface area contributed by atoms with Crippen molar-refractivity contribution in [3.63, 3.8) is 0 Å². The number of benzene rings is 1. The molecule has 0 aliphatic carbocycles. The second-order valence-electron chi connectivity index (χ2n) is 10.4. The van der Waals surface area contributed by atoms with Crippen LogP contribution in [0, 0.1) is 5.41 Å². The van der Waals surface area contributed by atoms with E-state index in [1.54, 1.807) is 37.5 Å². The maximum atomic E-state index is 12.8. The molecule has 2 rings (SSSR count). The SMILES string of the molecule is COc1ccc(CC(=O)OC2CCC(NC(=O)C(OC)C(O)C(O)C(O)/C=C/C(C)(C)C)C(=O)NC2)cc1. The zero-order valence-corrected chi connectivity index (χ0v) is 22.5. The quantitative estimate of drug-likeness (QED) is 0.197. The molecule has 1 aliphatic heterocycles. The van der Waals surface area contributed by atoms with Crippen LogP contribution in [0.3, 0.4) is 0 Å². The number of hydrogen-bond donors (Lipinski definition) is 5. The lowest BCUT2D eigenvalue weighted by Gasteiger charge is -2.28. The molecule has 212 valence electrons. The van der Waals surface area contributed by atoms with Crippen LogP contribution < -0.4 is 15.4 Å². The number of rotatable bonds is 11. The van der Waals surface area contributed by atoms with E-state index in [1.807, 2.05) is 20.8 Å². The Kier molecular flexibility index (Phi) is 11.7. The van der Waals surface area contributed by atoms with Crippen LogP contribution in [-0.2, 0) is 30.3 Å². The van der Waals surface area contributed by atoms with Crippen molar-refractivity contribution in [3.05, 3.63) is 42.0 Å². The van der Waals surface area contributed by atoms with Gasteiger partial charge in [0, 0.05) is 7.11 Å². The average Bonchev–Trinajstić information content (AvgIpc) is 3.03. The summed E-state index contributed by atoms with van der Waals surface area (Å²) < 4.78 is 15.7. The molecular formula is C27H40N2O9. The molecule has 1 aromatic carbocycles. The van der Waals surface area contributed by atoms with Gasteiger partial charge in [0.15, 0.2) is 6.10 Å². The Hall–Kier alpha value is -2.99. The van der Waals surface area contributed by atoms with Crippen LogP contribution in [0.2, 0.25) is 0 Å². The molecule has 0 bridgehead atoms. The predicted molar refractivity (Wildman–Crippen MR) is 138 cm³/mol. The third kappa shape index (κ3) is 9.71. The zero-order valence-electron chi connectivity index (χ0n) is 22.5. The zero-order chi connectivity index (χ0) is 28.5. The van der Waals surface area contributed by atoms with Gasteiger partial charge < -0.3 is 40.2 Å². The largest absolute Gasteiger partial charge is 0.497 e. The minimum Gasteiger partial charge on any atom is -0.497 e. The molecule has 6 unspecified atom stereocenters. The number of ether oxygens (including phenoxy) is 3. The number of aliphatic hydroxyl groups excluding tert-OH is 3. The van der Waals surface area contributed by atoms with Crippen molar-refractivity contribution < 1.29 is 43.9 Å². The number of allylic oxidation sites excluding steroid dienone is 1. The van der Waals surface area contributed by atoms with Gasteiger partial charge in [-0.3, -0.25) is 14.4 Å². The van der Waals surface area contributed by atoms with Gasteiger partial charge in [-0.1, -0.05) is 45.1 Å². The first-order chi connectivity index (χ1) is 17.8. The highest BCUT2D eigenvalue weighted by molar-refractivity contribution is 5.89. The van der Waals surface area contributed by atoms with Crippen molar-refractivity contribution in [1.82, 2.24) is 10.6 Å². The molecule has 38 heavy (non-hydrogen) atoms. The fraction of sp³-hybridized carbons (Fsp3) is 0.593. The monoisotopic (exact) mass is 536 g/mol. The third-order valence-electron chi connectivity index (χ3n) is 6.04. The van der Waals surface area contributed by atoms with Gasteiger partial charge in [0.1, 0.15) is 36.2 Å². The summed E-state index contributed by atoms with van der Waals surface area (Å²) in [5, 5.41) is 36.2. The highest BCUT2D eigenvalue weighted by Gasteiger charge is 2.37. The summed E-state index contributed by atoms with van der Waals surface area (Å²) in [4.78, 5) is 37.7. The summed E-state index contributed by atoms with van der Waals surface area (Å²) in [7, 11) is 2.72. The van der Waals surface area contributed by atoms with Gasteiger partial charge in [-0.2, -0.15) is 0 Å². The Morgan fingerprint density at radius 1 is 1.11 bits per heavy atom. The number of aliphatic hydroxyl groups is 3. The van der Waals surface area contributed by atoms with E-state index in [0.29, 0.717) is 12.2 Å². The normalized spacial score (nSPS) is 21.5. The Balaban J connectivity index is 1.92. The molecule has 1 aliphatic rings. The third-order valence-corrected chi connectivity index (χ3v) is 6.04. The maximum Gasteiger partial charge on any atom is 0.310 e. The van der Waals surface area contributed by atoms with E-state index in [9.17, 15) is 29.7 Å². The number of esters is 1. The Morgan fingerprint density at radius 3 is 2.34 bits per heavy atom. The average molecular weight is 537 g/mol. The lowest BCUT2D eigenvalue weighted by Crippen LogP contribution is -2.55. The van der Waals surface area contributed by atoms with E-state index in [1.165, 1.54) is 13.2 Å². The maximum absolute atomic E-state index is 12.8. The van der Waals surface area contributed by atoms with Gasteiger partial charge >= 0.3 is 5.97 Å². The molecule has 0 saturated carbocycles. The van der Waals surface area contributed by atoms with Crippen molar-refractivity contribution in [2.75, 3.05) is 20.8 Å². The van der Waals surface area contributed by atoms with Gasteiger partial charge in [0.25, 0.3) is 5.91 Å². The summed E-state index contributed by atoms with van der Waals surface area (Å²) in [5.74, 6) is -1.09. The van der Waals surface area contributed by atoms with Gasteiger partial charge in [-0.25, -0.2) is 0 Å². The van der Waals surface area contributed by atoms with Crippen LogP contribution in [-0.4, -0.2) is 90.4 Å². The molecule has 1 heterocycles. The molecule has 0 spiro atoms. The fourth-order valence-electron chi connectivity index (χ4n) is 3.84. The lowest BCUT2D eigenvalue weighted by atomic mass is 9.94. The molecule has 11 nitrogen and oxygen atoms in total. The number of carbonyl (C=O) groups excluding carboxylic acids is 3. The van der Waals surface area contributed by atoms with Crippen molar-refractivity contribution >= 4 is 17.8 Å². The van der Waals surface area contributed by atoms with Crippen LogP contribution in [0.25, 0.3) is 0 Å². The molecule has 2 amide bonds. The second-order valence-corrected chi connectivity index (χ2v) is 10.4. The van der Waals surface area contributed by atoms with Crippen molar-refractivity contribution in [2.45, 2.75) is 76.6 Å². The van der Waals surface area contributed by atoms with Crippen molar-refractivity contribution in [1.29, 1.82) is 0 Å². The first-order valence-electron chi connectivity index (χ1n) is 12.5. The van der Waals surface area contributed by atoms with Crippen LogP contribution in [0.1, 0.15) is 39.2 Å². The molecule has 0 radical (unpaired) electrons. The van der Waals surface area contributed by atoms with Crippen molar-refractivity contribution in [3.8, 4) is 5.75 Å². The Bertz CT molecular complexity index is 958. The van der Waals surface area contributed by atoms with Crippen LogP contribution in [0.4, 0.5) is 0 Å². The fourth-order valence-corrected chi connectivity index (χ4v) is 3.84. The highest BCUT2D eigenvalue weighted by Crippen LogP contribution is 2.18.